The highest BCUT2D eigenvalue weighted by molar-refractivity contribution is 5.94. The van der Waals surface area contributed by atoms with Gasteiger partial charge in [-0.15, -0.1) is 0 Å². The number of amides is 2. The maximum Gasteiger partial charge on any atom is 0.305 e. The number of hydrogen-bond acceptors (Lipinski definition) is 4. The first kappa shape index (κ1) is 22.6. The average Bonchev–Trinajstić information content (AvgIpc) is 3.28. The zero-order valence-electron chi connectivity index (χ0n) is 18.8. The number of hydrogen-bond donors (Lipinski definition) is 2. The predicted octanol–water partition coefficient (Wildman–Crippen LogP) is 4.36. The number of carbonyl (C=O) groups excluding carboxylic acids is 3. The Hall–Kier alpha value is -3.61. The lowest BCUT2D eigenvalue weighted by Crippen LogP contribution is -2.43. The van der Waals surface area contributed by atoms with Gasteiger partial charge in [0.1, 0.15) is 0 Å². The van der Waals surface area contributed by atoms with Crippen molar-refractivity contribution >= 4 is 34.4 Å². The van der Waals surface area contributed by atoms with Crippen molar-refractivity contribution in [3.63, 3.8) is 0 Å². The standard InChI is InChI=1S/C26H29N3O4/c1-33-25(31)13-5-12-24(30)29-14-6-9-20(17-29)26(32)27-21-10-4-8-18(15-21)23-16-19-7-2-3-11-22(19)28-23/h2-4,7-8,10-11,15-16,20,28H,5-6,9,12-14,17H2,1H3,(H,27,32). The number of aromatic amines is 1. The molecule has 33 heavy (non-hydrogen) atoms. The fraction of sp³-hybridized carbons (Fsp3) is 0.346. The lowest BCUT2D eigenvalue weighted by Gasteiger charge is -2.32. The van der Waals surface area contributed by atoms with E-state index >= 15 is 0 Å². The van der Waals surface area contributed by atoms with Crippen molar-refractivity contribution in [1.29, 1.82) is 0 Å². The summed E-state index contributed by atoms with van der Waals surface area (Å²) in [6.07, 6.45) is 2.51. The Morgan fingerprint density at radius 2 is 1.94 bits per heavy atom. The van der Waals surface area contributed by atoms with E-state index < -0.39 is 0 Å². The molecule has 2 N–H and O–H groups in total. The minimum atomic E-state index is -0.312. The van der Waals surface area contributed by atoms with Gasteiger partial charge in [0, 0.05) is 53.8 Å². The molecule has 2 amide bonds. The second-order valence-electron chi connectivity index (χ2n) is 8.45. The zero-order valence-corrected chi connectivity index (χ0v) is 18.8. The van der Waals surface area contributed by atoms with E-state index in [-0.39, 0.29) is 36.5 Å². The number of nitrogens with zero attached hydrogens (tertiary/aromatic N) is 1. The SMILES string of the molecule is COC(=O)CCCC(=O)N1CCCC(C(=O)Nc2cccc(-c3cc4ccccc4[nH]3)c2)C1. The third-order valence-corrected chi connectivity index (χ3v) is 6.12. The monoisotopic (exact) mass is 447 g/mol. The van der Waals surface area contributed by atoms with Gasteiger partial charge in [-0.05, 0) is 43.5 Å². The molecule has 1 atom stereocenters. The normalized spacial score (nSPS) is 15.9. The Kier molecular flexibility index (Phi) is 7.07. The molecule has 1 aromatic heterocycles. The van der Waals surface area contributed by atoms with Gasteiger partial charge >= 0.3 is 5.97 Å². The van der Waals surface area contributed by atoms with Crippen molar-refractivity contribution in [3.05, 3.63) is 54.6 Å². The van der Waals surface area contributed by atoms with Gasteiger partial charge in [0.05, 0.1) is 13.0 Å². The number of rotatable bonds is 7. The number of para-hydroxylation sites is 1. The molecule has 7 nitrogen and oxygen atoms in total. The minimum Gasteiger partial charge on any atom is -0.469 e. The topological polar surface area (TPSA) is 91.5 Å². The number of fused-ring (bicyclic) bond motifs is 1. The van der Waals surface area contributed by atoms with Crippen LogP contribution >= 0.6 is 0 Å². The average molecular weight is 448 g/mol. The smallest absolute Gasteiger partial charge is 0.305 e. The van der Waals surface area contributed by atoms with Crippen molar-refractivity contribution in [2.75, 3.05) is 25.5 Å². The molecule has 0 radical (unpaired) electrons. The fourth-order valence-electron chi connectivity index (χ4n) is 4.30. The van der Waals surface area contributed by atoms with Gasteiger partial charge in [-0.2, -0.15) is 0 Å². The molecule has 172 valence electrons. The van der Waals surface area contributed by atoms with Gasteiger partial charge in [-0.25, -0.2) is 0 Å². The van der Waals surface area contributed by atoms with E-state index in [9.17, 15) is 14.4 Å². The molecule has 0 bridgehead atoms. The molecular weight excluding hydrogens is 418 g/mol. The van der Waals surface area contributed by atoms with E-state index in [1.807, 2.05) is 42.5 Å². The van der Waals surface area contributed by atoms with Crippen molar-refractivity contribution in [3.8, 4) is 11.3 Å². The number of esters is 1. The summed E-state index contributed by atoms with van der Waals surface area (Å²) in [6.45, 7) is 1.06. The minimum absolute atomic E-state index is 0.0165. The first-order chi connectivity index (χ1) is 16.0. The second kappa shape index (κ2) is 10.3. The lowest BCUT2D eigenvalue weighted by molar-refractivity contribution is -0.141. The van der Waals surface area contributed by atoms with E-state index in [1.54, 1.807) is 4.90 Å². The molecule has 3 aromatic rings. The molecule has 0 spiro atoms. The van der Waals surface area contributed by atoms with Crippen molar-refractivity contribution < 1.29 is 19.1 Å². The van der Waals surface area contributed by atoms with E-state index in [2.05, 4.69) is 27.2 Å². The Morgan fingerprint density at radius 3 is 2.76 bits per heavy atom. The summed E-state index contributed by atoms with van der Waals surface area (Å²) in [7, 11) is 1.34. The molecule has 1 unspecified atom stereocenters. The molecule has 0 saturated carbocycles. The largest absolute Gasteiger partial charge is 0.469 e. The highest BCUT2D eigenvalue weighted by Gasteiger charge is 2.28. The predicted molar refractivity (Wildman–Crippen MR) is 128 cm³/mol. The molecular formula is C26H29N3O4. The summed E-state index contributed by atoms with van der Waals surface area (Å²) in [4.78, 5) is 41.9. The first-order valence-corrected chi connectivity index (χ1v) is 11.4. The van der Waals surface area contributed by atoms with Crippen LogP contribution in [0.4, 0.5) is 5.69 Å². The van der Waals surface area contributed by atoms with E-state index in [0.717, 1.165) is 40.7 Å². The quantitative estimate of drug-likeness (QED) is 0.527. The van der Waals surface area contributed by atoms with Gasteiger partial charge in [0.2, 0.25) is 11.8 Å². The molecule has 1 aliphatic heterocycles. The number of ether oxygens (including phenoxy) is 1. The third kappa shape index (κ3) is 5.61. The van der Waals surface area contributed by atoms with Gasteiger partial charge in [0.15, 0.2) is 0 Å². The van der Waals surface area contributed by atoms with Crippen molar-refractivity contribution in [1.82, 2.24) is 9.88 Å². The molecule has 2 heterocycles. The summed E-state index contributed by atoms with van der Waals surface area (Å²) in [5, 5.41) is 4.17. The van der Waals surface area contributed by atoms with Crippen molar-refractivity contribution in [2.45, 2.75) is 32.1 Å². The number of nitrogens with one attached hydrogen (secondary N) is 2. The summed E-state index contributed by atoms with van der Waals surface area (Å²) < 4.78 is 4.62. The number of benzene rings is 2. The highest BCUT2D eigenvalue weighted by Crippen LogP contribution is 2.27. The molecule has 1 aliphatic rings. The van der Waals surface area contributed by atoms with Crippen LogP contribution < -0.4 is 5.32 Å². The number of carbonyl (C=O) groups is 3. The van der Waals surface area contributed by atoms with E-state index in [4.69, 9.17) is 0 Å². The number of methoxy groups -OCH3 is 1. The first-order valence-electron chi connectivity index (χ1n) is 11.4. The van der Waals surface area contributed by atoms with Crippen LogP contribution in [0.15, 0.2) is 54.6 Å². The highest BCUT2D eigenvalue weighted by atomic mass is 16.5. The van der Waals surface area contributed by atoms with Crippen LogP contribution in [-0.2, 0) is 19.1 Å². The Morgan fingerprint density at radius 1 is 1.09 bits per heavy atom. The fourth-order valence-corrected chi connectivity index (χ4v) is 4.30. The number of likely N-dealkylation sites (tertiary alicyclic amines) is 1. The zero-order chi connectivity index (χ0) is 23.2. The van der Waals surface area contributed by atoms with E-state index in [1.165, 1.54) is 7.11 Å². The van der Waals surface area contributed by atoms with Crippen LogP contribution in [-0.4, -0.2) is 47.9 Å². The Bertz CT molecular complexity index is 1120. The van der Waals surface area contributed by atoms with Crippen LogP contribution in [0, 0.1) is 5.92 Å². The van der Waals surface area contributed by atoms with E-state index in [0.29, 0.717) is 19.5 Å². The molecule has 1 fully saturated rings. The number of aromatic nitrogens is 1. The molecule has 7 heteroatoms. The number of anilines is 1. The molecule has 2 aromatic carbocycles. The summed E-state index contributed by atoms with van der Waals surface area (Å²) in [6, 6.07) is 18.0. The van der Waals surface area contributed by atoms with Gasteiger partial charge in [-0.1, -0.05) is 30.3 Å². The maximum atomic E-state index is 12.9. The lowest BCUT2D eigenvalue weighted by atomic mass is 9.96. The van der Waals surface area contributed by atoms with Crippen LogP contribution in [0.1, 0.15) is 32.1 Å². The maximum absolute atomic E-state index is 12.9. The number of piperidine rings is 1. The van der Waals surface area contributed by atoms with Crippen LogP contribution in [0.3, 0.4) is 0 Å². The van der Waals surface area contributed by atoms with Crippen LogP contribution in [0.5, 0.6) is 0 Å². The second-order valence-corrected chi connectivity index (χ2v) is 8.45. The summed E-state index contributed by atoms with van der Waals surface area (Å²) in [5.41, 5.74) is 3.79. The Balaban J connectivity index is 1.36. The molecule has 1 saturated heterocycles. The van der Waals surface area contributed by atoms with Crippen LogP contribution in [0.2, 0.25) is 0 Å². The van der Waals surface area contributed by atoms with Crippen LogP contribution in [0.25, 0.3) is 22.2 Å². The Labute approximate surface area is 193 Å². The summed E-state index contributed by atoms with van der Waals surface area (Å²) in [5.74, 6) is -0.651. The van der Waals surface area contributed by atoms with Gasteiger partial charge in [-0.3, -0.25) is 14.4 Å². The van der Waals surface area contributed by atoms with Crippen molar-refractivity contribution in [2.24, 2.45) is 5.92 Å². The van der Waals surface area contributed by atoms with Gasteiger partial charge in [0.25, 0.3) is 0 Å². The third-order valence-electron chi connectivity index (χ3n) is 6.12. The molecule has 4 rings (SSSR count). The number of H-pyrrole nitrogens is 1. The summed E-state index contributed by atoms with van der Waals surface area (Å²) >= 11 is 0. The molecule has 0 aliphatic carbocycles. The van der Waals surface area contributed by atoms with Gasteiger partial charge < -0.3 is 19.9 Å².